The van der Waals surface area contributed by atoms with Gasteiger partial charge in [0, 0.05) is 13.1 Å². The molecule has 0 amide bonds. The summed E-state index contributed by atoms with van der Waals surface area (Å²) in [5, 5.41) is 20.4. The number of aliphatic hydroxyl groups is 1. The van der Waals surface area contributed by atoms with Crippen LogP contribution in [0.3, 0.4) is 0 Å². The molecular formula is C18H21F2N7O2. The molecule has 9 nitrogen and oxygen atoms in total. The van der Waals surface area contributed by atoms with Crippen LogP contribution in [0.2, 0.25) is 0 Å². The lowest BCUT2D eigenvalue weighted by Gasteiger charge is -2.19. The number of methoxy groups -OCH3 is 1. The molecule has 4 heterocycles. The number of nitrogens with zero attached hydrogens (tertiary/aromatic N) is 5. The number of alkyl halides is 1. The summed E-state index contributed by atoms with van der Waals surface area (Å²) in [6.45, 7) is 3.80. The quantitative estimate of drug-likeness (QED) is 0.583. The lowest BCUT2D eigenvalue weighted by molar-refractivity contribution is 0.0707. The molecule has 2 atom stereocenters. The van der Waals surface area contributed by atoms with Crippen LogP contribution in [-0.4, -0.2) is 62.1 Å². The van der Waals surface area contributed by atoms with E-state index in [-0.39, 0.29) is 29.5 Å². The molecule has 3 N–H and O–H groups in total. The van der Waals surface area contributed by atoms with Crippen LogP contribution in [0.25, 0.3) is 16.9 Å². The smallest absolute Gasteiger partial charge is 0.223 e. The summed E-state index contributed by atoms with van der Waals surface area (Å²) in [7, 11) is 1.46. The number of ether oxygens (including phenoxy) is 1. The van der Waals surface area contributed by atoms with Gasteiger partial charge in [0.15, 0.2) is 17.2 Å². The van der Waals surface area contributed by atoms with Gasteiger partial charge in [0.05, 0.1) is 37.3 Å². The van der Waals surface area contributed by atoms with E-state index in [4.69, 9.17) is 4.74 Å². The van der Waals surface area contributed by atoms with E-state index in [1.807, 2.05) is 0 Å². The van der Waals surface area contributed by atoms with E-state index in [9.17, 15) is 13.9 Å². The minimum absolute atomic E-state index is 0.0294. The minimum atomic E-state index is -1.29. The van der Waals surface area contributed by atoms with Gasteiger partial charge in [0.1, 0.15) is 23.2 Å². The van der Waals surface area contributed by atoms with Crippen LogP contribution < -0.4 is 15.4 Å². The van der Waals surface area contributed by atoms with Crippen molar-refractivity contribution in [1.82, 2.24) is 29.9 Å². The van der Waals surface area contributed by atoms with Crippen LogP contribution in [0.15, 0.2) is 18.6 Å². The fourth-order valence-electron chi connectivity index (χ4n) is 3.23. The Labute approximate surface area is 165 Å². The number of hydrogen-bond acceptors (Lipinski definition) is 8. The molecule has 3 aromatic heterocycles. The van der Waals surface area contributed by atoms with Crippen molar-refractivity contribution >= 4 is 11.6 Å². The fraction of sp³-hybridized carbons (Fsp3) is 0.444. The fourth-order valence-corrected chi connectivity index (χ4v) is 3.23. The van der Waals surface area contributed by atoms with Gasteiger partial charge < -0.3 is 20.5 Å². The lowest BCUT2D eigenvalue weighted by Crippen LogP contribution is -2.30. The maximum atomic E-state index is 14.6. The Morgan fingerprint density at radius 3 is 2.76 bits per heavy atom. The van der Waals surface area contributed by atoms with Gasteiger partial charge in [-0.1, -0.05) is 0 Å². The summed E-state index contributed by atoms with van der Waals surface area (Å²) in [4.78, 5) is 12.6. The van der Waals surface area contributed by atoms with Crippen molar-refractivity contribution in [3.05, 3.63) is 30.1 Å². The third-order valence-corrected chi connectivity index (χ3v) is 4.71. The van der Waals surface area contributed by atoms with Crippen molar-refractivity contribution in [2.45, 2.75) is 31.7 Å². The van der Waals surface area contributed by atoms with Crippen molar-refractivity contribution in [3.63, 3.8) is 0 Å². The zero-order valence-electron chi connectivity index (χ0n) is 16.1. The van der Waals surface area contributed by atoms with Crippen molar-refractivity contribution in [3.8, 4) is 17.0 Å². The first kappa shape index (κ1) is 19.4. The third-order valence-electron chi connectivity index (χ3n) is 4.71. The summed E-state index contributed by atoms with van der Waals surface area (Å²) in [6.07, 6.45) is 2.90. The average molecular weight is 405 g/mol. The first-order valence-corrected chi connectivity index (χ1v) is 9.07. The Morgan fingerprint density at radius 1 is 1.31 bits per heavy atom. The van der Waals surface area contributed by atoms with E-state index < -0.39 is 23.6 Å². The SMILES string of the molecule is COc1cn2ncc(-c3nc(N[C@H]4CNC[C@@H]4F)ncc3F)c2nc1C(C)(C)O. The van der Waals surface area contributed by atoms with Crippen LogP contribution in [0.4, 0.5) is 14.7 Å². The maximum Gasteiger partial charge on any atom is 0.223 e. The van der Waals surface area contributed by atoms with Gasteiger partial charge in [0.2, 0.25) is 5.95 Å². The molecule has 154 valence electrons. The molecule has 0 unspecified atom stereocenters. The summed E-state index contributed by atoms with van der Waals surface area (Å²) in [5.41, 5.74) is -0.450. The summed E-state index contributed by atoms with van der Waals surface area (Å²) in [6, 6.07) is -0.499. The third kappa shape index (κ3) is 3.58. The standard InChI is InChI=1S/C18H21F2N7O2/c1-18(2,28)15-13(29-3)8-27-16(26-15)9(4-23-27)14-11(20)6-22-17(25-14)24-12-7-21-5-10(12)19/h4,6,8,10,12,21,28H,5,7H2,1-3H3,(H,22,24,25)/t10-,12-/m0/s1. The molecule has 0 radical (unpaired) electrons. The highest BCUT2D eigenvalue weighted by Crippen LogP contribution is 2.31. The van der Waals surface area contributed by atoms with E-state index >= 15 is 0 Å². The van der Waals surface area contributed by atoms with Crippen LogP contribution in [-0.2, 0) is 5.60 Å². The second kappa shape index (κ2) is 7.16. The highest BCUT2D eigenvalue weighted by Gasteiger charge is 2.28. The van der Waals surface area contributed by atoms with Gasteiger partial charge in [-0.3, -0.25) is 0 Å². The Bertz CT molecular complexity index is 1050. The zero-order chi connectivity index (χ0) is 20.8. The van der Waals surface area contributed by atoms with Crippen molar-refractivity contribution < 1.29 is 18.6 Å². The lowest BCUT2D eigenvalue weighted by atomic mass is 10.0. The number of hydrogen-bond donors (Lipinski definition) is 3. The average Bonchev–Trinajstić information content (AvgIpc) is 3.27. The Balaban J connectivity index is 1.79. The Hall–Kier alpha value is -2.92. The second-order valence-electron chi connectivity index (χ2n) is 7.36. The first-order valence-electron chi connectivity index (χ1n) is 9.07. The van der Waals surface area contributed by atoms with Gasteiger partial charge in [-0.25, -0.2) is 28.2 Å². The minimum Gasteiger partial charge on any atom is -0.493 e. The molecule has 4 rings (SSSR count). The summed E-state index contributed by atoms with van der Waals surface area (Å²) in [5.74, 6) is -0.226. The molecule has 3 aromatic rings. The highest BCUT2D eigenvalue weighted by molar-refractivity contribution is 5.75. The highest BCUT2D eigenvalue weighted by atomic mass is 19.1. The first-order chi connectivity index (χ1) is 13.8. The molecular weight excluding hydrogens is 384 g/mol. The number of aromatic nitrogens is 5. The Morgan fingerprint density at radius 2 is 2.10 bits per heavy atom. The van der Waals surface area contributed by atoms with Gasteiger partial charge in [-0.2, -0.15) is 5.10 Å². The van der Waals surface area contributed by atoms with Crippen LogP contribution in [0.5, 0.6) is 5.75 Å². The predicted octanol–water partition coefficient (Wildman–Crippen LogP) is 1.28. The normalized spacial score (nSPS) is 19.7. The summed E-state index contributed by atoms with van der Waals surface area (Å²) < 4.78 is 35.1. The van der Waals surface area contributed by atoms with Gasteiger partial charge in [-0.15, -0.1) is 0 Å². The van der Waals surface area contributed by atoms with Crippen LogP contribution in [0.1, 0.15) is 19.5 Å². The largest absolute Gasteiger partial charge is 0.493 e. The molecule has 29 heavy (non-hydrogen) atoms. The molecule has 0 bridgehead atoms. The van der Waals surface area contributed by atoms with Gasteiger partial charge in [-0.05, 0) is 13.8 Å². The molecule has 0 spiro atoms. The van der Waals surface area contributed by atoms with Crippen LogP contribution in [0, 0.1) is 5.82 Å². The molecule has 0 aliphatic carbocycles. The number of rotatable bonds is 5. The van der Waals surface area contributed by atoms with Gasteiger partial charge >= 0.3 is 0 Å². The van der Waals surface area contributed by atoms with Crippen LogP contribution >= 0.6 is 0 Å². The van der Waals surface area contributed by atoms with E-state index in [0.29, 0.717) is 17.9 Å². The zero-order valence-corrected chi connectivity index (χ0v) is 16.1. The Kier molecular flexibility index (Phi) is 4.79. The van der Waals surface area contributed by atoms with Gasteiger partial charge in [0.25, 0.3) is 0 Å². The van der Waals surface area contributed by atoms with Crippen molar-refractivity contribution in [1.29, 1.82) is 0 Å². The number of anilines is 1. The van der Waals surface area contributed by atoms with E-state index in [2.05, 4.69) is 30.7 Å². The number of fused-ring (bicyclic) bond motifs is 1. The number of nitrogens with one attached hydrogen (secondary N) is 2. The summed E-state index contributed by atoms with van der Waals surface area (Å²) >= 11 is 0. The molecule has 1 aliphatic rings. The topological polar surface area (TPSA) is 109 Å². The number of halogens is 2. The monoisotopic (exact) mass is 405 g/mol. The van der Waals surface area contributed by atoms with E-state index in [1.165, 1.54) is 17.8 Å². The van der Waals surface area contributed by atoms with Crippen molar-refractivity contribution in [2.24, 2.45) is 0 Å². The molecule has 1 fully saturated rings. The molecule has 11 heteroatoms. The molecule has 1 saturated heterocycles. The molecule has 0 aromatic carbocycles. The van der Waals surface area contributed by atoms with E-state index in [1.54, 1.807) is 20.0 Å². The maximum absolute atomic E-state index is 14.6. The predicted molar refractivity (Wildman–Crippen MR) is 101 cm³/mol. The van der Waals surface area contributed by atoms with Crippen molar-refractivity contribution in [2.75, 3.05) is 25.5 Å². The second-order valence-corrected chi connectivity index (χ2v) is 7.36. The molecule has 0 saturated carbocycles. The van der Waals surface area contributed by atoms with E-state index in [0.717, 1.165) is 6.20 Å². The molecule has 1 aliphatic heterocycles.